The summed E-state index contributed by atoms with van der Waals surface area (Å²) >= 11 is 0. The van der Waals surface area contributed by atoms with Gasteiger partial charge in [0.1, 0.15) is 0 Å². The van der Waals surface area contributed by atoms with Crippen molar-refractivity contribution in [3.63, 3.8) is 0 Å². The van der Waals surface area contributed by atoms with Gasteiger partial charge in [-0.05, 0) is 24.9 Å². The van der Waals surface area contributed by atoms with Gasteiger partial charge in [-0.15, -0.1) is 0 Å². The zero-order valence-corrected chi connectivity index (χ0v) is 8.35. The number of aromatic carboxylic acids is 1. The Bertz CT molecular complexity index is 361. The summed E-state index contributed by atoms with van der Waals surface area (Å²) < 4.78 is 5.21. The van der Waals surface area contributed by atoms with Crippen LogP contribution in [0.15, 0.2) is 16.5 Å². The van der Waals surface area contributed by atoms with Gasteiger partial charge >= 0.3 is 5.97 Å². The molecule has 0 aromatic carbocycles. The maximum Gasteiger partial charge on any atom is 0.371 e. The summed E-state index contributed by atoms with van der Waals surface area (Å²) in [5.41, 5.74) is 5.58. The summed E-state index contributed by atoms with van der Waals surface area (Å²) in [6.07, 6.45) is 1.04. The summed E-state index contributed by atoms with van der Waals surface area (Å²) in [5.74, 6) is 0.0729. The number of nitrogens with zero attached hydrogens (tertiary/aromatic N) is 1. The second-order valence-electron chi connectivity index (χ2n) is 3.78. The Labute approximate surface area is 87.5 Å². The first-order valence-electron chi connectivity index (χ1n) is 4.99. The lowest BCUT2D eigenvalue weighted by Gasteiger charge is -2.14. The van der Waals surface area contributed by atoms with Crippen LogP contribution in [0.4, 0.5) is 5.88 Å². The lowest BCUT2D eigenvalue weighted by Crippen LogP contribution is -2.22. The average molecular weight is 210 g/mol. The Balaban J connectivity index is 2.07. The van der Waals surface area contributed by atoms with Crippen LogP contribution < -0.4 is 10.6 Å². The lowest BCUT2D eigenvalue weighted by molar-refractivity contribution is 0.0663. The molecule has 0 saturated carbocycles. The third-order valence-electron chi connectivity index (χ3n) is 2.73. The second kappa shape index (κ2) is 3.94. The minimum atomic E-state index is -1.03. The minimum absolute atomic E-state index is 0.0128. The Hall–Kier alpha value is -1.49. The van der Waals surface area contributed by atoms with E-state index < -0.39 is 5.97 Å². The predicted octanol–water partition coefficient (Wildman–Crippen LogP) is 0.763. The Kier molecular flexibility index (Phi) is 2.64. The monoisotopic (exact) mass is 210 g/mol. The van der Waals surface area contributed by atoms with E-state index >= 15 is 0 Å². The molecule has 15 heavy (non-hydrogen) atoms. The van der Waals surface area contributed by atoms with Crippen LogP contribution in [0.2, 0.25) is 0 Å². The van der Waals surface area contributed by atoms with Crippen LogP contribution in [-0.4, -0.2) is 30.7 Å². The van der Waals surface area contributed by atoms with E-state index in [2.05, 4.69) is 0 Å². The highest BCUT2D eigenvalue weighted by atomic mass is 16.4. The van der Waals surface area contributed by atoms with E-state index in [-0.39, 0.29) is 5.76 Å². The third-order valence-corrected chi connectivity index (χ3v) is 2.73. The van der Waals surface area contributed by atoms with Crippen LogP contribution in [0.3, 0.4) is 0 Å². The molecule has 1 aliphatic heterocycles. The molecule has 0 spiro atoms. The summed E-state index contributed by atoms with van der Waals surface area (Å²) in [5, 5.41) is 8.71. The molecule has 0 amide bonds. The first-order valence-corrected chi connectivity index (χ1v) is 4.99. The standard InChI is InChI=1S/C10H14N2O3/c11-5-7-3-4-12(6-7)9-2-1-8(15-9)10(13)14/h1-2,7H,3-6,11H2,(H,13,14). The molecule has 3 N–H and O–H groups in total. The lowest BCUT2D eigenvalue weighted by atomic mass is 10.1. The van der Waals surface area contributed by atoms with Gasteiger partial charge < -0.3 is 20.2 Å². The smallest absolute Gasteiger partial charge is 0.371 e. The van der Waals surface area contributed by atoms with Crippen LogP contribution in [-0.2, 0) is 0 Å². The van der Waals surface area contributed by atoms with Gasteiger partial charge in [-0.1, -0.05) is 0 Å². The number of hydrogen-bond acceptors (Lipinski definition) is 4. The predicted molar refractivity (Wildman–Crippen MR) is 55.0 cm³/mol. The van der Waals surface area contributed by atoms with Crippen molar-refractivity contribution in [2.75, 3.05) is 24.5 Å². The van der Waals surface area contributed by atoms with Crippen molar-refractivity contribution >= 4 is 11.9 Å². The van der Waals surface area contributed by atoms with E-state index in [1.165, 1.54) is 6.07 Å². The molecular weight excluding hydrogens is 196 g/mol. The van der Waals surface area contributed by atoms with Gasteiger partial charge in [0, 0.05) is 19.2 Å². The SMILES string of the molecule is NCC1CCN(c2ccc(C(=O)O)o2)C1. The Morgan fingerprint density at radius 2 is 2.47 bits per heavy atom. The molecule has 1 aromatic heterocycles. The molecule has 2 heterocycles. The molecule has 5 nitrogen and oxygen atoms in total. The summed E-state index contributed by atoms with van der Waals surface area (Å²) in [4.78, 5) is 12.6. The van der Waals surface area contributed by atoms with Crippen molar-refractivity contribution in [1.29, 1.82) is 0 Å². The number of carboxylic acid groups (broad SMARTS) is 1. The number of hydrogen-bond donors (Lipinski definition) is 2. The van der Waals surface area contributed by atoms with E-state index in [4.69, 9.17) is 15.3 Å². The zero-order chi connectivity index (χ0) is 10.8. The van der Waals surface area contributed by atoms with Gasteiger partial charge in [0.05, 0.1) is 0 Å². The first-order chi connectivity index (χ1) is 7.20. The average Bonchev–Trinajstić information content (AvgIpc) is 2.86. The number of anilines is 1. The first kappa shape index (κ1) is 10.0. The highest BCUT2D eigenvalue weighted by Crippen LogP contribution is 2.25. The molecule has 82 valence electrons. The zero-order valence-electron chi connectivity index (χ0n) is 8.35. The van der Waals surface area contributed by atoms with E-state index in [9.17, 15) is 4.79 Å². The van der Waals surface area contributed by atoms with Crippen molar-refractivity contribution < 1.29 is 14.3 Å². The van der Waals surface area contributed by atoms with Gasteiger partial charge in [0.2, 0.25) is 5.76 Å². The number of rotatable bonds is 3. The molecule has 1 atom stereocenters. The van der Waals surface area contributed by atoms with Crippen LogP contribution in [0.1, 0.15) is 17.0 Å². The molecule has 1 aliphatic rings. The molecule has 0 aliphatic carbocycles. The van der Waals surface area contributed by atoms with Gasteiger partial charge in [0.25, 0.3) is 0 Å². The molecule has 0 radical (unpaired) electrons. The van der Waals surface area contributed by atoms with Crippen LogP contribution in [0.5, 0.6) is 0 Å². The van der Waals surface area contributed by atoms with Crippen LogP contribution >= 0.6 is 0 Å². The van der Waals surface area contributed by atoms with Gasteiger partial charge in [0.15, 0.2) is 5.88 Å². The van der Waals surface area contributed by atoms with Crippen LogP contribution in [0, 0.1) is 5.92 Å². The normalized spacial score (nSPS) is 20.9. The molecule has 1 aromatic rings. The number of nitrogens with two attached hydrogens (primary N) is 1. The molecule has 1 unspecified atom stereocenters. The summed E-state index contributed by atoms with van der Waals surface area (Å²) in [6, 6.07) is 3.18. The molecule has 2 rings (SSSR count). The number of carbonyl (C=O) groups is 1. The fraction of sp³-hybridized carbons (Fsp3) is 0.500. The molecule has 5 heteroatoms. The fourth-order valence-corrected chi connectivity index (χ4v) is 1.84. The van der Waals surface area contributed by atoms with Gasteiger partial charge in [-0.25, -0.2) is 4.79 Å². The van der Waals surface area contributed by atoms with E-state index in [1.807, 2.05) is 4.90 Å². The van der Waals surface area contributed by atoms with Crippen LogP contribution in [0.25, 0.3) is 0 Å². The van der Waals surface area contributed by atoms with Crippen molar-refractivity contribution in [2.45, 2.75) is 6.42 Å². The maximum atomic E-state index is 10.6. The molecule has 1 fully saturated rings. The quantitative estimate of drug-likeness (QED) is 0.770. The molecular formula is C10H14N2O3. The highest BCUT2D eigenvalue weighted by Gasteiger charge is 2.24. The van der Waals surface area contributed by atoms with Gasteiger partial charge in [-0.3, -0.25) is 0 Å². The topological polar surface area (TPSA) is 79.7 Å². The largest absolute Gasteiger partial charge is 0.475 e. The van der Waals surface area contributed by atoms with E-state index in [0.29, 0.717) is 18.3 Å². The van der Waals surface area contributed by atoms with Crippen molar-refractivity contribution in [2.24, 2.45) is 11.7 Å². The Morgan fingerprint density at radius 3 is 3.00 bits per heavy atom. The second-order valence-corrected chi connectivity index (χ2v) is 3.78. The van der Waals surface area contributed by atoms with E-state index in [0.717, 1.165) is 19.5 Å². The summed E-state index contributed by atoms with van der Waals surface area (Å²) in [7, 11) is 0. The van der Waals surface area contributed by atoms with Crippen molar-refractivity contribution in [3.05, 3.63) is 17.9 Å². The minimum Gasteiger partial charge on any atom is -0.475 e. The van der Waals surface area contributed by atoms with Crippen molar-refractivity contribution in [1.82, 2.24) is 0 Å². The Morgan fingerprint density at radius 1 is 1.67 bits per heavy atom. The number of carboxylic acids is 1. The summed E-state index contributed by atoms with van der Waals surface area (Å²) in [6.45, 7) is 2.40. The maximum absolute atomic E-state index is 10.6. The van der Waals surface area contributed by atoms with Crippen molar-refractivity contribution in [3.8, 4) is 0 Å². The molecule has 0 bridgehead atoms. The fourth-order valence-electron chi connectivity index (χ4n) is 1.84. The number of furan rings is 1. The van der Waals surface area contributed by atoms with E-state index in [1.54, 1.807) is 6.07 Å². The molecule has 1 saturated heterocycles. The van der Waals surface area contributed by atoms with Gasteiger partial charge in [-0.2, -0.15) is 0 Å². The third kappa shape index (κ3) is 1.97. The highest BCUT2D eigenvalue weighted by molar-refractivity contribution is 5.84.